The van der Waals surface area contributed by atoms with Crippen LogP contribution in [0.1, 0.15) is 37.7 Å². The van der Waals surface area contributed by atoms with Crippen LogP contribution in [0.3, 0.4) is 0 Å². The fourth-order valence-corrected chi connectivity index (χ4v) is 3.02. The molecule has 1 aliphatic carbocycles. The molecule has 1 aromatic carbocycles. The van der Waals surface area contributed by atoms with E-state index >= 15 is 0 Å². The number of anilines is 1. The predicted octanol–water partition coefficient (Wildman–Crippen LogP) is 3.83. The van der Waals surface area contributed by atoms with Crippen LogP contribution in [0.15, 0.2) is 24.3 Å². The van der Waals surface area contributed by atoms with E-state index in [1.807, 2.05) is 0 Å². The monoisotopic (exact) mass is 366 g/mol. The summed E-state index contributed by atoms with van der Waals surface area (Å²) >= 11 is 11.3. The molecule has 0 spiro atoms. The normalized spacial score (nSPS) is 15.2. The highest BCUT2D eigenvalue weighted by Gasteiger charge is 2.21. The maximum Gasteiger partial charge on any atom is 0.328 e. The summed E-state index contributed by atoms with van der Waals surface area (Å²) in [6.07, 6.45) is 7.60. The number of halogens is 1. The van der Waals surface area contributed by atoms with Crippen molar-refractivity contribution in [2.24, 2.45) is 5.92 Å². The lowest BCUT2D eigenvalue weighted by Gasteiger charge is -2.21. The van der Waals surface area contributed by atoms with Gasteiger partial charge >= 0.3 is 5.97 Å². The van der Waals surface area contributed by atoms with E-state index in [0.717, 1.165) is 31.8 Å². The molecule has 0 bridgehead atoms. The van der Waals surface area contributed by atoms with Gasteiger partial charge < -0.3 is 15.7 Å². The van der Waals surface area contributed by atoms with Crippen molar-refractivity contribution in [1.82, 2.24) is 5.32 Å². The third-order valence-electron chi connectivity index (χ3n) is 3.87. The Morgan fingerprint density at radius 1 is 1.25 bits per heavy atom. The first-order valence-corrected chi connectivity index (χ1v) is 8.57. The average molecular weight is 367 g/mol. The summed E-state index contributed by atoms with van der Waals surface area (Å²) in [7, 11) is 0. The first-order chi connectivity index (χ1) is 11.5. The van der Waals surface area contributed by atoms with Crippen molar-refractivity contribution < 1.29 is 14.7 Å². The second-order valence-electron chi connectivity index (χ2n) is 5.69. The molecular formula is C17H19ClN2O3S. The lowest BCUT2D eigenvalue weighted by atomic mass is 9.89. The van der Waals surface area contributed by atoms with Crippen molar-refractivity contribution in [2.75, 3.05) is 5.32 Å². The maximum absolute atomic E-state index is 12.2. The van der Waals surface area contributed by atoms with Gasteiger partial charge in [-0.1, -0.05) is 36.9 Å². The third-order valence-corrected chi connectivity index (χ3v) is 4.40. The fourth-order valence-electron chi connectivity index (χ4n) is 2.64. The second kappa shape index (κ2) is 8.80. The van der Waals surface area contributed by atoms with Gasteiger partial charge in [0.15, 0.2) is 5.11 Å². The topological polar surface area (TPSA) is 78.4 Å². The van der Waals surface area contributed by atoms with Crippen molar-refractivity contribution in [3.8, 4) is 0 Å². The Morgan fingerprint density at radius 2 is 1.96 bits per heavy atom. The number of aliphatic carboxylic acids is 1. The van der Waals surface area contributed by atoms with Crippen LogP contribution in [0.5, 0.6) is 0 Å². The zero-order chi connectivity index (χ0) is 17.5. The Hall–Kier alpha value is -1.92. The molecule has 0 atom stereocenters. The van der Waals surface area contributed by atoms with E-state index in [4.69, 9.17) is 28.9 Å². The Labute approximate surface area is 151 Å². The summed E-state index contributed by atoms with van der Waals surface area (Å²) in [6.45, 7) is 0. The van der Waals surface area contributed by atoms with Gasteiger partial charge in [-0.05, 0) is 48.8 Å². The van der Waals surface area contributed by atoms with E-state index in [0.29, 0.717) is 16.3 Å². The van der Waals surface area contributed by atoms with E-state index in [1.54, 1.807) is 18.2 Å². The highest BCUT2D eigenvalue weighted by molar-refractivity contribution is 7.80. The molecule has 1 aliphatic rings. The number of hydrogen-bond acceptors (Lipinski definition) is 3. The van der Waals surface area contributed by atoms with Gasteiger partial charge in [0.1, 0.15) is 0 Å². The van der Waals surface area contributed by atoms with Crippen LogP contribution in [0.2, 0.25) is 5.02 Å². The molecule has 128 valence electrons. The number of carbonyl (C=O) groups is 2. The van der Waals surface area contributed by atoms with E-state index in [2.05, 4.69) is 10.6 Å². The SMILES string of the molecule is O=C(O)/C=C/c1ccc(Cl)c(NC(=S)NC(=O)C2CCCCC2)c1. The largest absolute Gasteiger partial charge is 0.478 e. The number of amides is 1. The van der Waals surface area contributed by atoms with Gasteiger partial charge in [0.25, 0.3) is 0 Å². The second-order valence-corrected chi connectivity index (χ2v) is 6.50. The standard InChI is InChI=1S/C17H19ClN2O3S/c18-13-8-6-11(7-9-15(21)22)10-14(13)19-17(24)20-16(23)12-4-2-1-3-5-12/h6-10,12H,1-5H2,(H,21,22)(H2,19,20,23,24)/b9-7+. The molecule has 0 unspecified atom stereocenters. The van der Waals surface area contributed by atoms with Gasteiger partial charge in [0.05, 0.1) is 10.7 Å². The first-order valence-electron chi connectivity index (χ1n) is 7.78. The molecule has 1 saturated carbocycles. The molecule has 0 radical (unpaired) electrons. The van der Waals surface area contributed by atoms with Crippen molar-refractivity contribution in [2.45, 2.75) is 32.1 Å². The minimum Gasteiger partial charge on any atom is -0.478 e. The van der Waals surface area contributed by atoms with Crippen molar-refractivity contribution >= 4 is 52.6 Å². The minimum atomic E-state index is -1.03. The van der Waals surface area contributed by atoms with E-state index in [-0.39, 0.29) is 16.9 Å². The summed E-state index contributed by atoms with van der Waals surface area (Å²) in [5, 5.41) is 14.9. The van der Waals surface area contributed by atoms with Crippen molar-refractivity contribution in [3.05, 3.63) is 34.9 Å². The molecule has 0 aromatic heterocycles. The number of nitrogens with one attached hydrogen (secondary N) is 2. The Kier molecular flexibility index (Phi) is 6.75. The molecule has 5 nitrogen and oxygen atoms in total. The molecule has 0 heterocycles. The summed E-state index contributed by atoms with van der Waals surface area (Å²) in [6, 6.07) is 4.99. The molecule has 3 N–H and O–H groups in total. The van der Waals surface area contributed by atoms with Crippen LogP contribution in [0.4, 0.5) is 5.69 Å². The molecular weight excluding hydrogens is 348 g/mol. The molecule has 2 rings (SSSR count). The zero-order valence-corrected chi connectivity index (χ0v) is 14.6. The van der Waals surface area contributed by atoms with Gasteiger partial charge in [0, 0.05) is 12.0 Å². The maximum atomic E-state index is 12.2. The molecule has 24 heavy (non-hydrogen) atoms. The number of rotatable bonds is 4. The van der Waals surface area contributed by atoms with Crippen molar-refractivity contribution in [1.29, 1.82) is 0 Å². The highest BCUT2D eigenvalue weighted by Crippen LogP contribution is 2.25. The van der Waals surface area contributed by atoms with Gasteiger partial charge in [-0.15, -0.1) is 0 Å². The van der Waals surface area contributed by atoms with E-state index < -0.39 is 5.97 Å². The van der Waals surface area contributed by atoms with Crippen LogP contribution in [0, 0.1) is 5.92 Å². The van der Waals surface area contributed by atoms with Gasteiger partial charge in [-0.25, -0.2) is 4.79 Å². The lowest BCUT2D eigenvalue weighted by Crippen LogP contribution is -2.39. The van der Waals surface area contributed by atoms with Crippen LogP contribution < -0.4 is 10.6 Å². The molecule has 7 heteroatoms. The van der Waals surface area contributed by atoms with E-state index in [9.17, 15) is 9.59 Å². The van der Waals surface area contributed by atoms with Crippen LogP contribution >= 0.6 is 23.8 Å². The number of carboxylic acid groups (broad SMARTS) is 1. The fraction of sp³-hybridized carbons (Fsp3) is 0.353. The first kappa shape index (κ1) is 18.4. The summed E-state index contributed by atoms with van der Waals surface area (Å²) in [5.74, 6) is -1.08. The number of benzene rings is 1. The minimum absolute atomic E-state index is 0.0128. The molecule has 1 aromatic rings. The van der Waals surface area contributed by atoms with Gasteiger partial charge in [-0.2, -0.15) is 0 Å². The van der Waals surface area contributed by atoms with Gasteiger partial charge in [-0.3, -0.25) is 4.79 Å². The van der Waals surface area contributed by atoms with Crippen LogP contribution in [-0.2, 0) is 9.59 Å². The Bertz CT molecular complexity index is 670. The summed E-state index contributed by atoms with van der Waals surface area (Å²) in [5.41, 5.74) is 1.17. The summed E-state index contributed by atoms with van der Waals surface area (Å²) < 4.78 is 0. The Balaban J connectivity index is 1.98. The third kappa shape index (κ3) is 5.62. The number of hydrogen-bond donors (Lipinski definition) is 3. The zero-order valence-electron chi connectivity index (χ0n) is 13.0. The molecule has 0 saturated heterocycles. The van der Waals surface area contributed by atoms with Crippen LogP contribution in [-0.4, -0.2) is 22.1 Å². The lowest BCUT2D eigenvalue weighted by molar-refractivity contribution is -0.131. The van der Waals surface area contributed by atoms with Crippen molar-refractivity contribution in [3.63, 3.8) is 0 Å². The summed E-state index contributed by atoms with van der Waals surface area (Å²) in [4.78, 5) is 22.8. The quantitative estimate of drug-likeness (QED) is 0.557. The molecule has 0 aliphatic heterocycles. The Morgan fingerprint density at radius 3 is 2.62 bits per heavy atom. The van der Waals surface area contributed by atoms with Gasteiger partial charge in [0.2, 0.25) is 5.91 Å². The number of thiocarbonyl (C=S) groups is 1. The highest BCUT2D eigenvalue weighted by atomic mass is 35.5. The molecule has 1 amide bonds. The molecule has 1 fully saturated rings. The number of carboxylic acids is 1. The number of carbonyl (C=O) groups excluding carboxylic acids is 1. The van der Waals surface area contributed by atoms with E-state index in [1.165, 1.54) is 12.5 Å². The smallest absolute Gasteiger partial charge is 0.328 e. The van der Waals surface area contributed by atoms with Crippen LogP contribution in [0.25, 0.3) is 6.08 Å². The predicted molar refractivity (Wildman–Crippen MR) is 99.1 cm³/mol. The average Bonchev–Trinajstić information content (AvgIpc) is 2.56.